The lowest BCUT2D eigenvalue weighted by atomic mass is 9.93. The van der Waals surface area contributed by atoms with Gasteiger partial charge in [-0.15, -0.1) is 6.42 Å². The fourth-order valence-corrected chi connectivity index (χ4v) is 8.84. The molecule has 4 aromatic rings. The maximum atomic E-state index is 17.1. The van der Waals surface area contributed by atoms with E-state index < -0.39 is 42.2 Å². The first-order valence-corrected chi connectivity index (χ1v) is 16.3. The summed E-state index contributed by atoms with van der Waals surface area (Å²) in [5, 5.41) is 4.67. The first kappa shape index (κ1) is 29.7. The zero-order valence-corrected chi connectivity index (χ0v) is 26.0. The average Bonchev–Trinajstić information content (AvgIpc) is 3.67. The second kappa shape index (κ2) is 10.8. The number of anilines is 1. The quantitative estimate of drug-likeness (QED) is 0.177. The van der Waals surface area contributed by atoms with Crippen molar-refractivity contribution in [1.82, 2.24) is 25.2 Å². The van der Waals surface area contributed by atoms with Gasteiger partial charge in [0.05, 0.1) is 17.1 Å². The van der Waals surface area contributed by atoms with Gasteiger partial charge in [0.25, 0.3) is 0 Å². The zero-order valence-electron chi connectivity index (χ0n) is 26.0. The van der Waals surface area contributed by atoms with Gasteiger partial charge >= 0.3 is 6.01 Å². The molecule has 4 saturated heterocycles. The Bertz CT molecular complexity index is 2070. The number of hydrogen-bond donors (Lipinski definition) is 1. The van der Waals surface area contributed by atoms with Gasteiger partial charge in [0, 0.05) is 49.1 Å². The van der Waals surface area contributed by atoms with Crippen LogP contribution in [0.25, 0.3) is 32.9 Å². The summed E-state index contributed by atoms with van der Waals surface area (Å²) in [7, 11) is 0. The van der Waals surface area contributed by atoms with Crippen molar-refractivity contribution < 1.29 is 27.0 Å². The highest BCUT2D eigenvalue weighted by atomic mass is 19.1. The van der Waals surface area contributed by atoms with Crippen LogP contribution in [0.3, 0.4) is 0 Å². The lowest BCUT2D eigenvalue weighted by Gasteiger charge is -2.43. The number of benzene rings is 2. The fourth-order valence-electron chi connectivity index (χ4n) is 8.84. The highest BCUT2D eigenvalue weighted by molar-refractivity contribution is 6.03. The van der Waals surface area contributed by atoms with E-state index in [1.807, 2.05) is 9.80 Å². The van der Waals surface area contributed by atoms with Crippen molar-refractivity contribution in [2.24, 2.45) is 0 Å². The molecule has 5 aliphatic rings. The third kappa shape index (κ3) is 4.33. The monoisotopic (exact) mass is 656 g/mol. The molecular formula is C36H32F4N6O2. The van der Waals surface area contributed by atoms with Crippen LogP contribution in [0.1, 0.15) is 31.2 Å². The Morgan fingerprint density at radius 3 is 2.83 bits per heavy atom. The van der Waals surface area contributed by atoms with E-state index in [0.717, 1.165) is 18.4 Å². The number of ether oxygens (including phenoxy) is 2. The lowest BCUT2D eigenvalue weighted by molar-refractivity contribution is 0.107. The summed E-state index contributed by atoms with van der Waals surface area (Å²) in [6, 6.07) is 7.38. The molecule has 7 heterocycles. The van der Waals surface area contributed by atoms with Crippen LogP contribution in [-0.2, 0) is 0 Å². The Balaban J connectivity index is 1.25. The van der Waals surface area contributed by atoms with E-state index in [2.05, 4.69) is 27.8 Å². The largest absolute Gasteiger partial charge is 0.469 e. The SMILES string of the molecule is C#Cc1c(F)ccc2cccc(-c3nc4c5c(nc(OCC67CC(=C)CN6C[C@H](F)C7)nc5c3F)N3CC5CCC(N5)C3C(CF)O4)c12. The van der Waals surface area contributed by atoms with Crippen molar-refractivity contribution in [3.05, 3.63) is 59.7 Å². The Kier molecular flexibility index (Phi) is 6.65. The predicted octanol–water partition coefficient (Wildman–Crippen LogP) is 5.27. The van der Waals surface area contributed by atoms with Gasteiger partial charge in [-0.25, -0.2) is 22.5 Å². The summed E-state index contributed by atoms with van der Waals surface area (Å²) in [4.78, 5) is 18.1. The van der Waals surface area contributed by atoms with E-state index in [0.29, 0.717) is 36.1 Å². The van der Waals surface area contributed by atoms with Gasteiger partial charge in [-0.2, -0.15) is 9.97 Å². The molecule has 5 aliphatic heterocycles. The van der Waals surface area contributed by atoms with E-state index in [1.54, 1.807) is 24.3 Å². The van der Waals surface area contributed by atoms with Crippen molar-refractivity contribution >= 4 is 27.5 Å². The third-order valence-electron chi connectivity index (χ3n) is 10.8. The third-order valence-corrected chi connectivity index (χ3v) is 10.8. The molecule has 4 fully saturated rings. The highest BCUT2D eigenvalue weighted by Gasteiger charge is 2.51. The minimum atomic E-state index is -0.997. The van der Waals surface area contributed by atoms with Gasteiger partial charge < -0.3 is 19.7 Å². The summed E-state index contributed by atoms with van der Waals surface area (Å²) in [6.45, 7) is 4.75. The van der Waals surface area contributed by atoms with E-state index in [9.17, 15) is 13.2 Å². The molecule has 2 bridgehead atoms. The number of nitrogens with zero attached hydrogens (tertiary/aromatic N) is 5. The number of pyridine rings is 1. The van der Waals surface area contributed by atoms with E-state index >= 15 is 4.39 Å². The standard InChI is InChI=1S/C36H32F4N6O2/c1-3-22-24(39)9-7-19-5-4-6-23(27(19)22)30-29(40)31-28-33(44-35(43-31)47-17-36-11-18(2)14-45(36)15-20(38)12-36)46-16-21-8-10-25(41-21)32(46)26(13-37)48-34(28)42-30/h1,4-7,9,20-21,25-26,32,41H,2,8,10-17H2/t20-,21?,25?,26?,32?,36?/m1/s1. The van der Waals surface area contributed by atoms with Gasteiger partial charge in [-0.3, -0.25) is 4.90 Å². The van der Waals surface area contributed by atoms with Crippen LogP contribution in [0.15, 0.2) is 42.5 Å². The lowest BCUT2D eigenvalue weighted by Crippen LogP contribution is -2.63. The molecule has 5 unspecified atom stereocenters. The van der Waals surface area contributed by atoms with Crippen LogP contribution in [0, 0.1) is 24.0 Å². The predicted molar refractivity (Wildman–Crippen MR) is 173 cm³/mol. The number of aromatic nitrogens is 3. The smallest absolute Gasteiger partial charge is 0.319 e. The number of piperazine rings is 1. The Labute approximate surface area is 274 Å². The summed E-state index contributed by atoms with van der Waals surface area (Å²) in [6.07, 6.45) is 6.36. The molecule has 0 spiro atoms. The zero-order chi connectivity index (χ0) is 32.9. The summed E-state index contributed by atoms with van der Waals surface area (Å²) >= 11 is 0. The molecule has 0 aliphatic carbocycles. The van der Waals surface area contributed by atoms with E-state index in [1.165, 1.54) is 6.07 Å². The van der Waals surface area contributed by atoms with Crippen molar-refractivity contribution in [3.8, 4) is 35.5 Å². The molecular weight excluding hydrogens is 624 g/mol. The number of hydrogen-bond acceptors (Lipinski definition) is 8. The molecule has 2 aromatic carbocycles. The maximum Gasteiger partial charge on any atom is 0.319 e. The summed E-state index contributed by atoms with van der Waals surface area (Å²) < 4.78 is 74.3. The molecule has 9 rings (SSSR count). The van der Waals surface area contributed by atoms with Crippen molar-refractivity contribution in [2.75, 3.05) is 37.8 Å². The van der Waals surface area contributed by atoms with Crippen LogP contribution in [-0.4, -0.2) is 88.7 Å². The summed E-state index contributed by atoms with van der Waals surface area (Å²) in [5.74, 6) is 1.28. The number of fused-ring (bicyclic) bond motifs is 7. The van der Waals surface area contributed by atoms with Crippen molar-refractivity contribution in [3.63, 3.8) is 0 Å². The molecule has 12 heteroatoms. The normalized spacial score (nSPS) is 29.1. The van der Waals surface area contributed by atoms with Crippen LogP contribution < -0.4 is 19.7 Å². The number of halogens is 4. The Hall–Kier alpha value is -4.47. The van der Waals surface area contributed by atoms with Crippen molar-refractivity contribution in [1.29, 1.82) is 0 Å². The molecule has 8 nitrogen and oxygen atoms in total. The van der Waals surface area contributed by atoms with Gasteiger partial charge in [-0.1, -0.05) is 42.3 Å². The van der Waals surface area contributed by atoms with Gasteiger partial charge in [0.2, 0.25) is 5.88 Å². The minimum absolute atomic E-state index is 0.0283. The van der Waals surface area contributed by atoms with Crippen LogP contribution in [0.4, 0.5) is 23.4 Å². The van der Waals surface area contributed by atoms with Crippen LogP contribution >= 0.6 is 0 Å². The minimum Gasteiger partial charge on any atom is -0.469 e. The number of nitrogens with one attached hydrogen (secondary N) is 1. The number of rotatable bonds is 5. The van der Waals surface area contributed by atoms with Crippen LogP contribution in [0.5, 0.6) is 11.9 Å². The van der Waals surface area contributed by atoms with E-state index in [4.69, 9.17) is 20.9 Å². The molecule has 0 amide bonds. The Morgan fingerprint density at radius 1 is 1.12 bits per heavy atom. The van der Waals surface area contributed by atoms with E-state index in [-0.39, 0.29) is 71.3 Å². The van der Waals surface area contributed by atoms with Gasteiger partial charge in [0.15, 0.2) is 11.9 Å². The average molecular weight is 657 g/mol. The number of terminal acetylenes is 1. The summed E-state index contributed by atoms with van der Waals surface area (Å²) in [5.41, 5.74) is 0.290. The molecule has 0 saturated carbocycles. The first-order chi connectivity index (χ1) is 23.3. The topological polar surface area (TPSA) is 75.6 Å². The Morgan fingerprint density at radius 2 is 2.00 bits per heavy atom. The molecule has 0 radical (unpaired) electrons. The number of alkyl halides is 2. The molecule has 2 aromatic heterocycles. The second-order valence-corrected chi connectivity index (χ2v) is 13.7. The fraction of sp³-hybridized carbons (Fsp3) is 0.417. The maximum absolute atomic E-state index is 17.1. The molecule has 48 heavy (non-hydrogen) atoms. The second-order valence-electron chi connectivity index (χ2n) is 13.7. The molecule has 6 atom stereocenters. The first-order valence-electron chi connectivity index (χ1n) is 16.3. The van der Waals surface area contributed by atoms with Crippen molar-refractivity contribution in [2.45, 2.75) is 61.6 Å². The van der Waals surface area contributed by atoms with Gasteiger partial charge in [-0.05, 0) is 30.7 Å². The van der Waals surface area contributed by atoms with Crippen LogP contribution in [0.2, 0.25) is 0 Å². The molecule has 1 N–H and O–H groups in total. The highest BCUT2D eigenvalue weighted by Crippen LogP contribution is 2.46. The van der Waals surface area contributed by atoms with Gasteiger partial charge in [0.1, 0.15) is 47.7 Å². The molecule has 246 valence electrons.